The summed E-state index contributed by atoms with van der Waals surface area (Å²) < 4.78 is 12.8. The Hall–Kier alpha value is -2.45. The molecular formula is C20H26N4O4. The Bertz CT molecular complexity index is 852. The minimum atomic E-state index is -0.467. The smallest absolute Gasteiger partial charge is 0.238 e. The zero-order valence-electron chi connectivity index (χ0n) is 16.0. The van der Waals surface area contributed by atoms with Gasteiger partial charge in [0.05, 0.1) is 24.9 Å². The molecule has 1 saturated carbocycles. The summed E-state index contributed by atoms with van der Waals surface area (Å²) in [4.78, 5) is 0. The first-order chi connectivity index (χ1) is 13.6. The third-order valence-electron chi connectivity index (χ3n) is 5.31. The average Bonchev–Trinajstić information content (AvgIpc) is 3.02. The van der Waals surface area contributed by atoms with E-state index >= 15 is 0 Å². The maximum Gasteiger partial charge on any atom is 0.238 e. The predicted octanol–water partition coefficient (Wildman–Crippen LogP) is 4.96. The van der Waals surface area contributed by atoms with Gasteiger partial charge in [-0.15, -0.1) is 10.2 Å². The SMILES string of the molecule is Cc1nn(C2CCCCC2)c(O)c1/N=N/c1ccc(C2OCCCO2)cc1O. The topological polar surface area (TPSA) is 101 Å². The first kappa shape index (κ1) is 18.9. The average molecular weight is 386 g/mol. The number of ether oxygens (including phenoxy) is 2. The molecule has 2 N–H and O–H groups in total. The summed E-state index contributed by atoms with van der Waals surface area (Å²) in [6.45, 7) is 3.07. The van der Waals surface area contributed by atoms with Gasteiger partial charge < -0.3 is 19.7 Å². The van der Waals surface area contributed by atoms with E-state index in [1.807, 2.05) is 0 Å². The summed E-state index contributed by atoms with van der Waals surface area (Å²) >= 11 is 0. The molecule has 8 heteroatoms. The molecule has 1 aliphatic carbocycles. The van der Waals surface area contributed by atoms with Gasteiger partial charge in [-0.25, -0.2) is 4.68 Å². The molecule has 1 saturated heterocycles. The zero-order chi connectivity index (χ0) is 19.5. The highest BCUT2D eigenvalue weighted by Gasteiger charge is 2.23. The maximum absolute atomic E-state index is 10.6. The summed E-state index contributed by atoms with van der Waals surface area (Å²) in [5.74, 6) is 0.0177. The molecule has 0 spiro atoms. The third kappa shape index (κ3) is 3.88. The Morgan fingerprint density at radius 1 is 1.04 bits per heavy atom. The van der Waals surface area contributed by atoms with E-state index in [-0.39, 0.29) is 17.7 Å². The highest BCUT2D eigenvalue weighted by Crippen LogP contribution is 2.39. The Morgan fingerprint density at radius 3 is 2.50 bits per heavy atom. The van der Waals surface area contributed by atoms with Crippen molar-refractivity contribution in [1.29, 1.82) is 0 Å². The van der Waals surface area contributed by atoms with E-state index in [1.165, 1.54) is 6.42 Å². The number of phenols is 1. The van der Waals surface area contributed by atoms with Crippen LogP contribution in [0.1, 0.15) is 62.1 Å². The summed E-state index contributed by atoms with van der Waals surface area (Å²) in [7, 11) is 0. The van der Waals surface area contributed by atoms with Gasteiger partial charge in [0, 0.05) is 5.56 Å². The Labute approximate surface area is 163 Å². The van der Waals surface area contributed by atoms with Gasteiger partial charge in [-0.1, -0.05) is 25.3 Å². The number of aromatic nitrogens is 2. The third-order valence-corrected chi connectivity index (χ3v) is 5.31. The molecule has 150 valence electrons. The van der Waals surface area contributed by atoms with E-state index in [9.17, 15) is 10.2 Å². The van der Waals surface area contributed by atoms with Crippen LogP contribution < -0.4 is 0 Å². The minimum absolute atomic E-state index is 0.0177. The van der Waals surface area contributed by atoms with Crippen molar-refractivity contribution in [2.75, 3.05) is 13.2 Å². The Kier molecular flexibility index (Phi) is 5.59. The molecule has 0 unspecified atom stereocenters. The van der Waals surface area contributed by atoms with Gasteiger partial charge in [0.2, 0.25) is 5.88 Å². The second-order valence-electron chi connectivity index (χ2n) is 7.37. The lowest BCUT2D eigenvalue weighted by Crippen LogP contribution is -2.17. The van der Waals surface area contributed by atoms with Crippen molar-refractivity contribution >= 4 is 11.4 Å². The summed E-state index contributed by atoms with van der Waals surface area (Å²) in [5, 5.41) is 33.6. The van der Waals surface area contributed by atoms with E-state index in [0.29, 0.717) is 30.3 Å². The number of nitrogens with zero attached hydrogens (tertiary/aromatic N) is 4. The van der Waals surface area contributed by atoms with Crippen LogP contribution >= 0.6 is 0 Å². The molecule has 1 aromatic carbocycles. The number of hydrogen-bond donors (Lipinski definition) is 2. The molecule has 2 aromatic rings. The van der Waals surface area contributed by atoms with Crippen LogP contribution in [0.5, 0.6) is 11.6 Å². The molecule has 1 aliphatic heterocycles. The van der Waals surface area contributed by atoms with Gasteiger partial charge in [0.25, 0.3) is 0 Å². The highest BCUT2D eigenvalue weighted by molar-refractivity contribution is 5.55. The van der Waals surface area contributed by atoms with Crippen molar-refractivity contribution in [2.45, 2.75) is 57.8 Å². The Balaban J connectivity index is 1.53. The summed E-state index contributed by atoms with van der Waals surface area (Å²) in [6, 6.07) is 5.23. The molecule has 0 bridgehead atoms. The number of azo groups is 1. The summed E-state index contributed by atoms with van der Waals surface area (Å²) in [5.41, 5.74) is 2.00. The van der Waals surface area contributed by atoms with Crippen LogP contribution in [-0.4, -0.2) is 33.2 Å². The lowest BCUT2D eigenvalue weighted by Gasteiger charge is -2.23. The van der Waals surface area contributed by atoms with Crippen LogP contribution in [0.2, 0.25) is 0 Å². The lowest BCUT2D eigenvalue weighted by atomic mass is 9.96. The molecule has 4 rings (SSSR count). The number of aryl methyl sites for hydroxylation is 1. The Morgan fingerprint density at radius 2 is 1.79 bits per heavy atom. The fourth-order valence-corrected chi connectivity index (χ4v) is 3.78. The molecule has 2 aliphatic rings. The van der Waals surface area contributed by atoms with Crippen molar-refractivity contribution < 1.29 is 19.7 Å². The van der Waals surface area contributed by atoms with Crippen LogP contribution in [0, 0.1) is 6.92 Å². The quantitative estimate of drug-likeness (QED) is 0.723. The predicted molar refractivity (Wildman–Crippen MR) is 102 cm³/mol. The molecule has 2 fully saturated rings. The number of phenolic OH excluding ortho intramolecular Hbond substituents is 1. The second-order valence-corrected chi connectivity index (χ2v) is 7.37. The summed E-state index contributed by atoms with van der Waals surface area (Å²) in [6.07, 6.45) is 5.95. The van der Waals surface area contributed by atoms with Gasteiger partial charge in [0.15, 0.2) is 12.0 Å². The second kappa shape index (κ2) is 8.28. The highest BCUT2D eigenvalue weighted by atomic mass is 16.7. The number of hydrogen-bond acceptors (Lipinski definition) is 7. The van der Waals surface area contributed by atoms with Crippen LogP contribution in [-0.2, 0) is 9.47 Å². The van der Waals surface area contributed by atoms with Crippen LogP contribution in [0.25, 0.3) is 0 Å². The fourth-order valence-electron chi connectivity index (χ4n) is 3.78. The first-order valence-corrected chi connectivity index (χ1v) is 9.89. The van der Waals surface area contributed by atoms with Gasteiger partial charge in [0.1, 0.15) is 11.4 Å². The number of aromatic hydroxyl groups is 2. The standard InChI is InChI=1S/C20H26N4O4/c1-13-18(19(26)24(23-13)15-6-3-2-4-7-15)22-21-16-9-8-14(12-17(16)25)20-27-10-5-11-28-20/h8-9,12,15,20,25-26H,2-7,10-11H2,1H3/b22-21+. The number of rotatable bonds is 4. The van der Waals surface area contributed by atoms with E-state index in [4.69, 9.17) is 9.47 Å². The van der Waals surface area contributed by atoms with E-state index in [2.05, 4.69) is 15.3 Å². The minimum Gasteiger partial charge on any atom is -0.506 e. The molecule has 0 radical (unpaired) electrons. The van der Waals surface area contributed by atoms with E-state index < -0.39 is 6.29 Å². The monoisotopic (exact) mass is 386 g/mol. The van der Waals surface area contributed by atoms with E-state index in [1.54, 1.807) is 29.8 Å². The van der Waals surface area contributed by atoms with Gasteiger partial charge >= 0.3 is 0 Å². The van der Waals surface area contributed by atoms with E-state index in [0.717, 1.165) is 37.7 Å². The van der Waals surface area contributed by atoms with Crippen LogP contribution in [0.4, 0.5) is 11.4 Å². The van der Waals surface area contributed by atoms with Crippen molar-refractivity contribution in [2.24, 2.45) is 10.2 Å². The van der Waals surface area contributed by atoms with Crippen molar-refractivity contribution in [3.8, 4) is 11.6 Å². The normalized spacial score (nSPS) is 19.5. The van der Waals surface area contributed by atoms with Crippen molar-refractivity contribution in [1.82, 2.24) is 9.78 Å². The van der Waals surface area contributed by atoms with Crippen LogP contribution in [0.15, 0.2) is 28.4 Å². The van der Waals surface area contributed by atoms with Gasteiger partial charge in [-0.3, -0.25) is 0 Å². The first-order valence-electron chi connectivity index (χ1n) is 9.89. The fraction of sp³-hybridized carbons (Fsp3) is 0.550. The molecule has 0 atom stereocenters. The molecule has 1 aromatic heterocycles. The molecule has 0 amide bonds. The van der Waals surface area contributed by atoms with Crippen molar-refractivity contribution in [3.05, 3.63) is 29.5 Å². The van der Waals surface area contributed by atoms with Gasteiger partial charge in [-0.05, 0) is 38.3 Å². The van der Waals surface area contributed by atoms with Gasteiger partial charge in [-0.2, -0.15) is 5.10 Å². The number of benzene rings is 1. The van der Waals surface area contributed by atoms with Crippen molar-refractivity contribution in [3.63, 3.8) is 0 Å². The molecule has 2 heterocycles. The lowest BCUT2D eigenvalue weighted by molar-refractivity contribution is -0.183. The zero-order valence-corrected chi connectivity index (χ0v) is 16.0. The maximum atomic E-state index is 10.6. The molecule has 28 heavy (non-hydrogen) atoms. The molecule has 8 nitrogen and oxygen atoms in total. The largest absolute Gasteiger partial charge is 0.506 e. The molecular weight excluding hydrogens is 360 g/mol. The van der Waals surface area contributed by atoms with Crippen LogP contribution in [0.3, 0.4) is 0 Å².